The Hall–Kier alpha value is -1.93. The van der Waals surface area contributed by atoms with Crippen LogP contribution < -0.4 is 5.32 Å². The molecule has 1 aromatic carbocycles. The maximum Gasteiger partial charge on any atom is 0.243 e. The van der Waals surface area contributed by atoms with Crippen LogP contribution in [0.1, 0.15) is 46.0 Å². The van der Waals surface area contributed by atoms with Gasteiger partial charge in [-0.05, 0) is 43.7 Å². The average Bonchev–Trinajstić information content (AvgIpc) is 3.19. The quantitative estimate of drug-likeness (QED) is 0.761. The van der Waals surface area contributed by atoms with Crippen LogP contribution in [0.2, 0.25) is 0 Å². The minimum absolute atomic E-state index is 0.0209. The molecule has 0 aliphatic carbocycles. The molecule has 0 saturated carbocycles. The number of piperidine rings is 1. The number of carbonyl (C=O) groups is 2. The first-order valence-corrected chi connectivity index (χ1v) is 11.9. The summed E-state index contributed by atoms with van der Waals surface area (Å²) in [6, 6.07) is 7.58. The summed E-state index contributed by atoms with van der Waals surface area (Å²) < 4.78 is 27.2. The van der Waals surface area contributed by atoms with E-state index in [4.69, 9.17) is 0 Å². The number of amides is 2. The highest BCUT2D eigenvalue weighted by Gasteiger charge is 2.40. The zero-order valence-corrected chi connectivity index (χ0v) is 18.0. The van der Waals surface area contributed by atoms with Crippen LogP contribution in [0.25, 0.3) is 0 Å². The van der Waals surface area contributed by atoms with Gasteiger partial charge in [-0.25, -0.2) is 8.42 Å². The second kappa shape index (κ2) is 9.26. The molecule has 2 amide bonds. The lowest BCUT2D eigenvalue weighted by atomic mass is 10.0. The number of sulfonamides is 1. The predicted octanol–water partition coefficient (Wildman–Crippen LogP) is 1.99. The topological polar surface area (TPSA) is 86.8 Å². The van der Waals surface area contributed by atoms with Crippen molar-refractivity contribution < 1.29 is 18.0 Å². The number of hydrogen-bond donors (Lipinski definition) is 1. The van der Waals surface area contributed by atoms with Crippen molar-refractivity contribution in [3.63, 3.8) is 0 Å². The van der Waals surface area contributed by atoms with Crippen molar-refractivity contribution >= 4 is 21.8 Å². The minimum atomic E-state index is -3.69. The van der Waals surface area contributed by atoms with Gasteiger partial charge in [0.1, 0.15) is 6.04 Å². The van der Waals surface area contributed by atoms with Gasteiger partial charge >= 0.3 is 0 Å². The third-order valence-electron chi connectivity index (χ3n) is 5.63. The van der Waals surface area contributed by atoms with Crippen molar-refractivity contribution in [1.29, 1.82) is 0 Å². The molecule has 1 N–H and O–H groups in total. The largest absolute Gasteiger partial charge is 0.352 e. The van der Waals surface area contributed by atoms with Crippen molar-refractivity contribution in [2.75, 3.05) is 19.6 Å². The van der Waals surface area contributed by atoms with Crippen molar-refractivity contribution in [2.45, 2.75) is 62.9 Å². The summed E-state index contributed by atoms with van der Waals surface area (Å²) in [5.41, 5.74) is 0. The van der Waals surface area contributed by atoms with Crippen molar-refractivity contribution in [3.05, 3.63) is 30.3 Å². The molecule has 29 heavy (non-hydrogen) atoms. The Bertz CT molecular complexity index is 818. The number of rotatable bonds is 6. The highest BCUT2D eigenvalue weighted by atomic mass is 32.2. The number of carbonyl (C=O) groups excluding carboxylic acids is 2. The van der Waals surface area contributed by atoms with E-state index in [1.54, 1.807) is 30.3 Å². The highest BCUT2D eigenvalue weighted by molar-refractivity contribution is 7.89. The van der Waals surface area contributed by atoms with Crippen LogP contribution in [0.4, 0.5) is 0 Å². The van der Waals surface area contributed by atoms with E-state index in [2.05, 4.69) is 5.32 Å². The van der Waals surface area contributed by atoms with E-state index in [0.29, 0.717) is 57.7 Å². The monoisotopic (exact) mass is 421 g/mol. The van der Waals surface area contributed by atoms with E-state index < -0.39 is 16.1 Å². The van der Waals surface area contributed by atoms with Crippen LogP contribution >= 0.6 is 0 Å². The van der Waals surface area contributed by atoms with Gasteiger partial charge in [0.15, 0.2) is 0 Å². The van der Waals surface area contributed by atoms with Crippen LogP contribution in [0.15, 0.2) is 35.2 Å². The molecule has 2 aliphatic heterocycles. The molecule has 8 heteroatoms. The second-order valence-corrected chi connectivity index (χ2v) is 10.2. The summed E-state index contributed by atoms with van der Waals surface area (Å²) in [6.45, 7) is 5.68. The fourth-order valence-electron chi connectivity index (χ4n) is 4.07. The molecule has 160 valence electrons. The number of likely N-dealkylation sites (tertiary alicyclic amines) is 1. The first kappa shape index (κ1) is 21.8. The molecule has 2 aliphatic rings. The molecule has 2 fully saturated rings. The average molecular weight is 422 g/mol. The van der Waals surface area contributed by atoms with Gasteiger partial charge in [0.2, 0.25) is 21.8 Å². The molecule has 0 radical (unpaired) electrons. The van der Waals surface area contributed by atoms with Gasteiger partial charge in [-0.2, -0.15) is 4.31 Å². The van der Waals surface area contributed by atoms with Gasteiger partial charge in [-0.3, -0.25) is 9.59 Å². The van der Waals surface area contributed by atoms with Gasteiger partial charge in [0.05, 0.1) is 4.90 Å². The molecule has 1 unspecified atom stereocenters. The van der Waals surface area contributed by atoms with E-state index in [1.165, 1.54) is 4.31 Å². The third kappa shape index (κ3) is 5.17. The van der Waals surface area contributed by atoms with Gasteiger partial charge in [-0.1, -0.05) is 32.0 Å². The summed E-state index contributed by atoms with van der Waals surface area (Å²) in [5.74, 6) is 0.273. The van der Waals surface area contributed by atoms with E-state index in [0.717, 1.165) is 0 Å². The first-order valence-electron chi connectivity index (χ1n) is 10.4. The van der Waals surface area contributed by atoms with Crippen LogP contribution in [-0.2, 0) is 19.6 Å². The minimum Gasteiger partial charge on any atom is -0.352 e. The maximum absolute atomic E-state index is 12.9. The van der Waals surface area contributed by atoms with Crippen molar-refractivity contribution in [2.24, 2.45) is 5.92 Å². The second-order valence-electron chi connectivity index (χ2n) is 8.35. The van der Waals surface area contributed by atoms with Gasteiger partial charge in [-0.15, -0.1) is 0 Å². The van der Waals surface area contributed by atoms with Crippen LogP contribution in [-0.4, -0.2) is 61.2 Å². The summed E-state index contributed by atoms with van der Waals surface area (Å²) in [6.07, 6.45) is 3.16. The SMILES string of the molecule is CC(C)CC(=O)N1CCC(NC(=O)C2CCCN2S(=O)(=O)c2ccccc2)CC1. The van der Waals surface area contributed by atoms with E-state index >= 15 is 0 Å². The Morgan fingerprint density at radius 1 is 1.07 bits per heavy atom. The van der Waals surface area contributed by atoms with Gasteiger partial charge < -0.3 is 10.2 Å². The smallest absolute Gasteiger partial charge is 0.243 e. The number of hydrogen-bond acceptors (Lipinski definition) is 4. The molecule has 2 saturated heterocycles. The number of benzene rings is 1. The summed E-state index contributed by atoms with van der Waals surface area (Å²) >= 11 is 0. The molecule has 2 heterocycles. The lowest BCUT2D eigenvalue weighted by Gasteiger charge is -2.34. The Morgan fingerprint density at radius 3 is 2.34 bits per heavy atom. The van der Waals surface area contributed by atoms with Gasteiger partial charge in [0, 0.05) is 32.1 Å². The van der Waals surface area contributed by atoms with E-state index in [9.17, 15) is 18.0 Å². The van der Waals surface area contributed by atoms with Crippen LogP contribution in [0.5, 0.6) is 0 Å². The molecular formula is C21H31N3O4S. The van der Waals surface area contributed by atoms with Crippen molar-refractivity contribution in [1.82, 2.24) is 14.5 Å². The van der Waals surface area contributed by atoms with Crippen molar-refractivity contribution in [3.8, 4) is 0 Å². The Kier molecular flexibility index (Phi) is 6.95. The number of nitrogens with zero attached hydrogens (tertiary/aromatic N) is 2. The summed E-state index contributed by atoms with van der Waals surface area (Å²) in [7, 11) is -3.69. The molecular weight excluding hydrogens is 390 g/mol. The van der Waals surface area contributed by atoms with Gasteiger partial charge in [0.25, 0.3) is 0 Å². The molecule has 3 rings (SSSR count). The number of nitrogens with one attached hydrogen (secondary N) is 1. The lowest BCUT2D eigenvalue weighted by Crippen LogP contribution is -2.52. The lowest BCUT2D eigenvalue weighted by molar-refractivity contribution is -0.133. The fraction of sp³-hybridized carbons (Fsp3) is 0.619. The first-order chi connectivity index (χ1) is 13.8. The predicted molar refractivity (Wildman–Crippen MR) is 111 cm³/mol. The molecule has 0 aromatic heterocycles. The standard InChI is InChI=1S/C21H31N3O4S/c1-16(2)15-20(25)23-13-10-17(11-14-23)22-21(26)19-9-6-12-24(19)29(27,28)18-7-4-3-5-8-18/h3-5,7-8,16-17,19H,6,9-15H2,1-2H3,(H,22,26). The molecule has 7 nitrogen and oxygen atoms in total. The Labute approximate surface area is 173 Å². The van der Waals surface area contributed by atoms with E-state index in [-0.39, 0.29) is 22.8 Å². The normalized spacial score (nSPS) is 21.5. The highest BCUT2D eigenvalue weighted by Crippen LogP contribution is 2.26. The van der Waals surface area contributed by atoms with E-state index in [1.807, 2.05) is 18.7 Å². The Morgan fingerprint density at radius 2 is 1.72 bits per heavy atom. The fourth-order valence-corrected chi connectivity index (χ4v) is 5.74. The molecule has 0 spiro atoms. The van der Waals surface area contributed by atoms with Crippen LogP contribution in [0.3, 0.4) is 0 Å². The molecule has 1 aromatic rings. The Balaban J connectivity index is 1.58. The third-order valence-corrected chi connectivity index (χ3v) is 7.56. The zero-order chi connectivity index (χ0) is 21.0. The summed E-state index contributed by atoms with van der Waals surface area (Å²) in [5, 5.41) is 3.03. The van der Waals surface area contributed by atoms with Crippen LogP contribution in [0, 0.1) is 5.92 Å². The molecule has 1 atom stereocenters. The molecule has 0 bridgehead atoms. The summed E-state index contributed by atoms with van der Waals surface area (Å²) in [4.78, 5) is 27.1. The zero-order valence-electron chi connectivity index (χ0n) is 17.2. The maximum atomic E-state index is 12.9.